The van der Waals surface area contributed by atoms with E-state index in [1.807, 2.05) is 6.07 Å². The molecule has 1 aromatic carbocycles. The number of aryl methyl sites for hydroxylation is 1. The molecule has 1 rings (SSSR count). The molecule has 0 saturated heterocycles. The molecule has 100 valence electrons. The van der Waals surface area contributed by atoms with Gasteiger partial charge in [0, 0.05) is 17.2 Å². The summed E-state index contributed by atoms with van der Waals surface area (Å²) < 4.78 is 0. The zero-order valence-corrected chi connectivity index (χ0v) is 11.1. The molecule has 0 fully saturated rings. The quantitative estimate of drug-likeness (QED) is 0.664. The normalized spacial score (nSPS) is 13.2. The number of rotatable bonds is 4. The molecule has 1 unspecified atom stereocenters. The number of amides is 1. The van der Waals surface area contributed by atoms with E-state index in [4.69, 9.17) is 5.26 Å². The molecule has 0 spiro atoms. The van der Waals surface area contributed by atoms with E-state index in [9.17, 15) is 14.9 Å². The van der Waals surface area contributed by atoms with Crippen molar-refractivity contribution in [2.24, 2.45) is 0 Å². The minimum atomic E-state index is -0.975. The van der Waals surface area contributed by atoms with Crippen LogP contribution in [0.25, 0.3) is 0 Å². The van der Waals surface area contributed by atoms with Crippen molar-refractivity contribution in [2.75, 3.05) is 0 Å². The van der Waals surface area contributed by atoms with Crippen molar-refractivity contribution >= 4 is 11.6 Å². The molecule has 0 aliphatic carbocycles. The lowest BCUT2D eigenvalue weighted by Gasteiger charge is -2.21. The Bertz CT molecular complexity index is 563. The van der Waals surface area contributed by atoms with Gasteiger partial charge < -0.3 is 5.32 Å². The number of nitro groups is 1. The van der Waals surface area contributed by atoms with Gasteiger partial charge in [-0.1, -0.05) is 13.0 Å². The third-order valence-corrected chi connectivity index (χ3v) is 3.01. The molecule has 1 atom stereocenters. The molecule has 0 saturated carbocycles. The average Bonchev–Trinajstić information content (AvgIpc) is 2.38. The van der Waals surface area contributed by atoms with Crippen LogP contribution in [0.5, 0.6) is 0 Å². The molecular formula is C13H15N3O3. The highest BCUT2D eigenvalue weighted by Gasteiger charge is 2.25. The summed E-state index contributed by atoms with van der Waals surface area (Å²) in [6, 6.07) is 6.25. The van der Waals surface area contributed by atoms with E-state index in [1.165, 1.54) is 18.2 Å². The maximum atomic E-state index is 12.0. The Morgan fingerprint density at radius 2 is 2.21 bits per heavy atom. The summed E-state index contributed by atoms with van der Waals surface area (Å²) >= 11 is 0. The van der Waals surface area contributed by atoms with Gasteiger partial charge >= 0.3 is 0 Å². The molecule has 0 aliphatic heterocycles. The summed E-state index contributed by atoms with van der Waals surface area (Å²) in [5.74, 6) is -0.492. The van der Waals surface area contributed by atoms with Crippen LogP contribution in [0, 0.1) is 28.4 Å². The van der Waals surface area contributed by atoms with Crippen molar-refractivity contribution in [1.82, 2.24) is 5.32 Å². The predicted molar refractivity (Wildman–Crippen MR) is 69.6 cm³/mol. The van der Waals surface area contributed by atoms with Crippen LogP contribution in [-0.2, 0) is 0 Å². The number of carbonyl (C=O) groups is 1. The van der Waals surface area contributed by atoms with Crippen LogP contribution in [0.1, 0.15) is 36.2 Å². The number of carbonyl (C=O) groups excluding carboxylic acids is 1. The molecule has 0 aliphatic rings. The number of hydrogen-bond donors (Lipinski definition) is 1. The second kappa shape index (κ2) is 5.48. The summed E-state index contributed by atoms with van der Waals surface area (Å²) in [6.45, 7) is 4.99. The van der Waals surface area contributed by atoms with Crippen LogP contribution >= 0.6 is 0 Å². The highest BCUT2D eigenvalue weighted by molar-refractivity contribution is 5.95. The van der Waals surface area contributed by atoms with E-state index in [0.717, 1.165) is 0 Å². The molecule has 6 nitrogen and oxygen atoms in total. The van der Waals surface area contributed by atoms with Gasteiger partial charge in [0.2, 0.25) is 0 Å². The average molecular weight is 261 g/mol. The van der Waals surface area contributed by atoms with Crippen molar-refractivity contribution in [3.05, 3.63) is 39.4 Å². The lowest BCUT2D eigenvalue weighted by Crippen LogP contribution is -2.44. The van der Waals surface area contributed by atoms with Crippen molar-refractivity contribution in [1.29, 1.82) is 5.26 Å². The summed E-state index contributed by atoms with van der Waals surface area (Å²) in [7, 11) is 0. The monoisotopic (exact) mass is 261 g/mol. The number of nitro benzene ring substituents is 1. The fourth-order valence-corrected chi connectivity index (χ4v) is 1.47. The van der Waals surface area contributed by atoms with E-state index in [2.05, 4.69) is 5.32 Å². The maximum absolute atomic E-state index is 12.0. The van der Waals surface area contributed by atoms with Gasteiger partial charge in [0.05, 0.1) is 11.0 Å². The largest absolute Gasteiger partial charge is 0.334 e. The van der Waals surface area contributed by atoms with Crippen molar-refractivity contribution in [3.63, 3.8) is 0 Å². The summed E-state index contributed by atoms with van der Waals surface area (Å²) in [6.07, 6.45) is 0.448. The summed E-state index contributed by atoms with van der Waals surface area (Å²) in [4.78, 5) is 22.3. The Morgan fingerprint density at radius 1 is 1.58 bits per heavy atom. The smallest absolute Gasteiger partial charge is 0.273 e. The zero-order valence-electron chi connectivity index (χ0n) is 11.1. The number of nitrogens with zero attached hydrogens (tertiary/aromatic N) is 2. The van der Waals surface area contributed by atoms with Crippen molar-refractivity contribution < 1.29 is 9.72 Å². The van der Waals surface area contributed by atoms with E-state index in [-0.39, 0.29) is 11.3 Å². The number of nitriles is 1. The third kappa shape index (κ3) is 3.28. The van der Waals surface area contributed by atoms with Gasteiger partial charge in [0.15, 0.2) is 0 Å². The molecule has 1 N–H and O–H groups in total. The number of hydrogen-bond acceptors (Lipinski definition) is 4. The Labute approximate surface area is 111 Å². The molecular weight excluding hydrogens is 246 g/mol. The first-order chi connectivity index (χ1) is 8.83. The van der Waals surface area contributed by atoms with Gasteiger partial charge in [0.25, 0.3) is 11.6 Å². The summed E-state index contributed by atoms with van der Waals surface area (Å²) in [5, 5.41) is 22.4. The first-order valence-corrected chi connectivity index (χ1v) is 5.82. The van der Waals surface area contributed by atoms with Gasteiger partial charge in [-0.3, -0.25) is 14.9 Å². The Kier molecular flexibility index (Phi) is 4.22. The minimum Gasteiger partial charge on any atom is -0.334 e. The van der Waals surface area contributed by atoms with E-state index in [0.29, 0.717) is 12.0 Å². The van der Waals surface area contributed by atoms with Gasteiger partial charge in [-0.05, 0) is 26.3 Å². The van der Waals surface area contributed by atoms with Crippen LogP contribution < -0.4 is 5.32 Å². The Balaban J connectivity index is 3.05. The standard InChI is InChI=1S/C13H15N3O3/c1-4-13(3,8-14)15-12(17)10-6-5-9(2)11(7-10)16(18)19/h5-7H,4H2,1-3H3,(H,15,17). The fourth-order valence-electron chi connectivity index (χ4n) is 1.47. The molecule has 0 bridgehead atoms. The Hall–Kier alpha value is -2.42. The zero-order chi connectivity index (χ0) is 14.6. The molecule has 19 heavy (non-hydrogen) atoms. The number of benzene rings is 1. The van der Waals surface area contributed by atoms with E-state index >= 15 is 0 Å². The SMILES string of the molecule is CCC(C)(C#N)NC(=O)c1ccc(C)c([N+](=O)[O-])c1. The van der Waals surface area contributed by atoms with E-state index in [1.54, 1.807) is 20.8 Å². The molecule has 1 aromatic rings. The van der Waals surface area contributed by atoms with Gasteiger partial charge in [-0.25, -0.2) is 0 Å². The topological polar surface area (TPSA) is 96.0 Å². The highest BCUT2D eigenvalue weighted by atomic mass is 16.6. The van der Waals surface area contributed by atoms with Crippen LogP contribution in [-0.4, -0.2) is 16.4 Å². The molecule has 0 heterocycles. The van der Waals surface area contributed by atoms with Crippen LogP contribution in [0.4, 0.5) is 5.69 Å². The highest BCUT2D eigenvalue weighted by Crippen LogP contribution is 2.20. The van der Waals surface area contributed by atoms with Crippen molar-refractivity contribution in [2.45, 2.75) is 32.7 Å². The van der Waals surface area contributed by atoms with Crippen molar-refractivity contribution in [3.8, 4) is 6.07 Å². The predicted octanol–water partition coefficient (Wildman–Crippen LogP) is 2.33. The van der Waals surface area contributed by atoms with Crippen LogP contribution in [0.2, 0.25) is 0 Å². The van der Waals surface area contributed by atoms with Gasteiger partial charge in [-0.2, -0.15) is 5.26 Å². The molecule has 1 amide bonds. The maximum Gasteiger partial charge on any atom is 0.273 e. The second-order valence-corrected chi connectivity index (χ2v) is 4.51. The first-order valence-electron chi connectivity index (χ1n) is 5.82. The minimum absolute atomic E-state index is 0.109. The fraction of sp³-hybridized carbons (Fsp3) is 0.385. The molecule has 6 heteroatoms. The van der Waals surface area contributed by atoms with Crippen LogP contribution in [0.15, 0.2) is 18.2 Å². The Morgan fingerprint density at radius 3 is 2.68 bits per heavy atom. The van der Waals surface area contributed by atoms with Gasteiger partial charge in [0.1, 0.15) is 5.54 Å². The van der Waals surface area contributed by atoms with Gasteiger partial charge in [-0.15, -0.1) is 0 Å². The lowest BCUT2D eigenvalue weighted by molar-refractivity contribution is -0.385. The third-order valence-electron chi connectivity index (χ3n) is 3.01. The summed E-state index contributed by atoms with van der Waals surface area (Å²) in [5.41, 5.74) is -0.424. The first kappa shape index (κ1) is 14.6. The lowest BCUT2D eigenvalue weighted by atomic mass is 10.00. The number of nitrogens with one attached hydrogen (secondary N) is 1. The van der Waals surface area contributed by atoms with Crippen LogP contribution in [0.3, 0.4) is 0 Å². The molecule has 0 radical (unpaired) electrons. The second-order valence-electron chi connectivity index (χ2n) is 4.51. The van der Waals surface area contributed by atoms with E-state index < -0.39 is 16.4 Å². The molecule has 0 aromatic heterocycles.